The standard InChI is InChI=1S/C10H10N2O3/c1-12-6-4-3-5-7(15-2)8(6)11-9(12)10(13)14/h3-5H,1-2H3,(H,13,14). The van der Waals surface area contributed by atoms with E-state index in [0.29, 0.717) is 11.3 Å². The highest BCUT2D eigenvalue weighted by Crippen LogP contribution is 2.24. The van der Waals surface area contributed by atoms with Crippen LogP contribution in [0.5, 0.6) is 5.75 Å². The number of para-hydroxylation sites is 1. The molecule has 0 aliphatic heterocycles. The summed E-state index contributed by atoms with van der Waals surface area (Å²) in [6.07, 6.45) is 0. The minimum atomic E-state index is -1.05. The highest BCUT2D eigenvalue weighted by Gasteiger charge is 2.15. The van der Waals surface area contributed by atoms with Gasteiger partial charge in [-0.2, -0.15) is 0 Å². The van der Waals surface area contributed by atoms with Gasteiger partial charge in [0.25, 0.3) is 0 Å². The average Bonchev–Trinajstić information content (AvgIpc) is 2.56. The van der Waals surface area contributed by atoms with Gasteiger partial charge in [-0.15, -0.1) is 0 Å². The molecule has 0 bridgehead atoms. The maximum absolute atomic E-state index is 10.9. The van der Waals surface area contributed by atoms with Crippen molar-refractivity contribution >= 4 is 17.0 Å². The fraction of sp³-hybridized carbons (Fsp3) is 0.200. The summed E-state index contributed by atoms with van der Waals surface area (Å²) >= 11 is 0. The van der Waals surface area contributed by atoms with Gasteiger partial charge < -0.3 is 14.4 Å². The van der Waals surface area contributed by atoms with Gasteiger partial charge in [0, 0.05) is 7.05 Å². The second-order valence-electron chi connectivity index (χ2n) is 3.13. The number of aromatic nitrogens is 2. The smallest absolute Gasteiger partial charge is 0.372 e. The largest absolute Gasteiger partial charge is 0.494 e. The van der Waals surface area contributed by atoms with Crippen LogP contribution in [0.15, 0.2) is 18.2 Å². The zero-order valence-electron chi connectivity index (χ0n) is 8.39. The third-order valence-corrected chi connectivity index (χ3v) is 2.29. The van der Waals surface area contributed by atoms with Crippen molar-refractivity contribution in [2.45, 2.75) is 0 Å². The molecule has 0 fully saturated rings. The van der Waals surface area contributed by atoms with Crippen LogP contribution in [0.4, 0.5) is 0 Å². The molecule has 0 aliphatic carbocycles. The molecular formula is C10H10N2O3. The zero-order valence-corrected chi connectivity index (χ0v) is 8.39. The predicted molar refractivity (Wildman–Crippen MR) is 54.2 cm³/mol. The molecule has 0 atom stereocenters. The number of ether oxygens (including phenoxy) is 1. The molecule has 0 saturated carbocycles. The molecule has 2 rings (SSSR count). The van der Waals surface area contributed by atoms with Crippen molar-refractivity contribution in [2.75, 3.05) is 7.11 Å². The Hall–Kier alpha value is -2.04. The van der Waals surface area contributed by atoms with Crippen LogP contribution in [0.25, 0.3) is 11.0 Å². The summed E-state index contributed by atoms with van der Waals surface area (Å²) in [6.45, 7) is 0. The number of aromatic carboxylic acids is 1. The van der Waals surface area contributed by atoms with Crippen LogP contribution in [0.1, 0.15) is 10.6 Å². The van der Waals surface area contributed by atoms with E-state index in [1.807, 2.05) is 0 Å². The van der Waals surface area contributed by atoms with E-state index in [0.717, 1.165) is 5.52 Å². The number of fused-ring (bicyclic) bond motifs is 1. The van der Waals surface area contributed by atoms with Gasteiger partial charge in [-0.3, -0.25) is 0 Å². The van der Waals surface area contributed by atoms with Gasteiger partial charge in [0.2, 0.25) is 5.82 Å². The molecule has 0 unspecified atom stereocenters. The molecule has 0 amide bonds. The van der Waals surface area contributed by atoms with Crippen molar-refractivity contribution in [1.29, 1.82) is 0 Å². The molecule has 1 aromatic carbocycles. The molecule has 1 N–H and O–H groups in total. The molecule has 0 aliphatic rings. The molecule has 1 aromatic heterocycles. The Balaban J connectivity index is 2.81. The normalized spacial score (nSPS) is 10.5. The second-order valence-corrected chi connectivity index (χ2v) is 3.13. The molecule has 0 spiro atoms. The van der Waals surface area contributed by atoms with Crippen LogP contribution < -0.4 is 4.74 Å². The van der Waals surface area contributed by atoms with Crippen LogP contribution in [0, 0.1) is 0 Å². The summed E-state index contributed by atoms with van der Waals surface area (Å²) < 4.78 is 6.63. The van der Waals surface area contributed by atoms with Crippen molar-refractivity contribution < 1.29 is 14.6 Å². The first kappa shape index (κ1) is 9.51. The molecule has 0 saturated heterocycles. The summed E-state index contributed by atoms with van der Waals surface area (Å²) in [5, 5.41) is 8.91. The van der Waals surface area contributed by atoms with E-state index in [1.165, 1.54) is 11.7 Å². The first-order valence-electron chi connectivity index (χ1n) is 4.38. The number of carboxylic acid groups (broad SMARTS) is 1. The third-order valence-electron chi connectivity index (χ3n) is 2.29. The van der Waals surface area contributed by atoms with Crippen molar-refractivity contribution in [2.24, 2.45) is 7.05 Å². The fourth-order valence-electron chi connectivity index (χ4n) is 1.54. The Morgan fingerprint density at radius 2 is 2.27 bits per heavy atom. The highest BCUT2D eigenvalue weighted by atomic mass is 16.5. The van der Waals surface area contributed by atoms with Crippen molar-refractivity contribution in [3.63, 3.8) is 0 Å². The Morgan fingerprint density at radius 1 is 1.53 bits per heavy atom. The van der Waals surface area contributed by atoms with Gasteiger partial charge in [0.05, 0.1) is 12.6 Å². The molecule has 15 heavy (non-hydrogen) atoms. The van der Waals surface area contributed by atoms with Crippen LogP contribution in [0.3, 0.4) is 0 Å². The minimum Gasteiger partial charge on any atom is -0.494 e. The van der Waals surface area contributed by atoms with Gasteiger partial charge >= 0.3 is 5.97 Å². The van der Waals surface area contributed by atoms with Gasteiger partial charge in [0.1, 0.15) is 11.3 Å². The Kier molecular flexibility index (Phi) is 2.07. The highest BCUT2D eigenvalue weighted by molar-refractivity contribution is 5.91. The number of methoxy groups -OCH3 is 1. The lowest BCUT2D eigenvalue weighted by Crippen LogP contribution is -2.05. The summed E-state index contributed by atoms with van der Waals surface area (Å²) in [6, 6.07) is 5.35. The van der Waals surface area contributed by atoms with Gasteiger partial charge in [-0.05, 0) is 12.1 Å². The number of nitrogens with zero attached hydrogens (tertiary/aromatic N) is 2. The van der Waals surface area contributed by atoms with E-state index >= 15 is 0 Å². The SMILES string of the molecule is COc1cccc2c1nc(C(=O)O)n2C. The van der Waals surface area contributed by atoms with Gasteiger partial charge in [-0.1, -0.05) is 6.07 Å². The lowest BCUT2D eigenvalue weighted by molar-refractivity contribution is 0.0680. The Labute approximate surface area is 85.9 Å². The van der Waals surface area contributed by atoms with E-state index < -0.39 is 5.97 Å². The number of benzene rings is 1. The first-order chi connectivity index (χ1) is 7.15. The zero-order chi connectivity index (χ0) is 11.0. The number of carbonyl (C=O) groups is 1. The lowest BCUT2D eigenvalue weighted by atomic mass is 10.3. The molecular weight excluding hydrogens is 196 g/mol. The number of aryl methyl sites for hydroxylation is 1. The molecule has 78 valence electrons. The van der Waals surface area contributed by atoms with Crippen molar-refractivity contribution in [3.05, 3.63) is 24.0 Å². The molecule has 5 nitrogen and oxygen atoms in total. The summed E-state index contributed by atoms with van der Waals surface area (Å²) in [7, 11) is 3.20. The predicted octanol–water partition coefficient (Wildman–Crippen LogP) is 1.28. The van der Waals surface area contributed by atoms with E-state index in [-0.39, 0.29) is 5.82 Å². The molecule has 2 aromatic rings. The van der Waals surface area contributed by atoms with E-state index in [4.69, 9.17) is 9.84 Å². The number of carboxylic acids is 1. The van der Waals surface area contributed by atoms with Gasteiger partial charge in [0.15, 0.2) is 0 Å². The average molecular weight is 206 g/mol. The van der Waals surface area contributed by atoms with E-state index in [2.05, 4.69) is 4.98 Å². The maximum Gasteiger partial charge on any atom is 0.372 e. The lowest BCUT2D eigenvalue weighted by Gasteiger charge is -1.99. The Bertz CT molecular complexity index is 531. The van der Waals surface area contributed by atoms with E-state index in [1.54, 1.807) is 25.2 Å². The third kappa shape index (κ3) is 1.32. The molecule has 1 heterocycles. The summed E-state index contributed by atoms with van der Waals surface area (Å²) in [5.41, 5.74) is 1.31. The number of hydrogen-bond donors (Lipinski definition) is 1. The van der Waals surface area contributed by atoms with E-state index in [9.17, 15) is 4.79 Å². The van der Waals surface area contributed by atoms with Gasteiger partial charge in [-0.25, -0.2) is 9.78 Å². The van der Waals surface area contributed by atoms with Crippen LogP contribution in [-0.2, 0) is 7.05 Å². The maximum atomic E-state index is 10.9. The molecule has 0 radical (unpaired) electrons. The van der Waals surface area contributed by atoms with Crippen molar-refractivity contribution in [1.82, 2.24) is 9.55 Å². The number of hydrogen-bond acceptors (Lipinski definition) is 3. The molecule has 5 heteroatoms. The van der Waals surface area contributed by atoms with Crippen LogP contribution in [0.2, 0.25) is 0 Å². The number of rotatable bonds is 2. The van der Waals surface area contributed by atoms with Crippen molar-refractivity contribution in [3.8, 4) is 5.75 Å². The quantitative estimate of drug-likeness (QED) is 0.803. The topological polar surface area (TPSA) is 64.3 Å². The fourth-order valence-corrected chi connectivity index (χ4v) is 1.54. The Morgan fingerprint density at radius 3 is 2.87 bits per heavy atom. The first-order valence-corrected chi connectivity index (χ1v) is 4.38. The monoisotopic (exact) mass is 206 g/mol. The summed E-state index contributed by atoms with van der Waals surface area (Å²) in [5.74, 6) is -0.458. The van der Waals surface area contributed by atoms with Crippen LogP contribution >= 0.6 is 0 Å². The number of imidazole rings is 1. The second kappa shape index (κ2) is 3.27. The summed E-state index contributed by atoms with van der Waals surface area (Å²) in [4.78, 5) is 14.9. The minimum absolute atomic E-state index is 0.00880. The van der Waals surface area contributed by atoms with Crippen LogP contribution in [-0.4, -0.2) is 27.7 Å².